The van der Waals surface area contributed by atoms with Crippen LogP contribution < -0.4 is 4.74 Å². The van der Waals surface area contributed by atoms with E-state index in [2.05, 4.69) is 57.9 Å². The molecule has 0 unspecified atom stereocenters. The minimum atomic E-state index is 0.666. The number of nitrogens with zero attached hydrogens (tertiary/aromatic N) is 1. The van der Waals surface area contributed by atoms with Gasteiger partial charge in [0, 0.05) is 16.2 Å². The minimum absolute atomic E-state index is 0.666. The van der Waals surface area contributed by atoms with Crippen LogP contribution in [0.4, 0.5) is 0 Å². The topological polar surface area (TPSA) is 14.2 Å². The fourth-order valence-corrected chi connectivity index (χ4v) is 2.55. The molecular formula is C17H16BrNO. The van der Waals surface area contributed by atoms with Crippen molar-refractivity contribution in [3.63, 3.8) is 0 Å². The molecule has 1 aromatic heterocycles. The zero-order valence-corrected chi connectivity index (χ0v) is 12.9. The normalized spacial score (nSPS) is 10.9. The first-order valence-corrected chi connectivity index (χ1v) is 7.45. The Kier molecular flexibility index (Phi) is 3.79. The van der Waals surface area contributed by atoms with Crippen LogP contribution in [0.3, 0.4) is 0 Å². The Hall–Kier alpha value is -1.74. The van der Waals surface area contributed by atoms with Crippen molar-refractivity contribution in [2.24, 2.45) is 0 Å². The number of hydrogen-bond donors (Lipinski definition) is 0. The van der Waals surface area contributed by atoms with Gasteiger partial charge in [0.15, 0.2) is 0 Å². The monoisotopic (exact) mass is 329 g/mol. The zero-order chi connectivity index (χ0) is 13.9. The summed E-state index contributed by atoms with van der Waals surface area (Å²) in [7, 11) is 0. The van der Waals surface area contributed by atoms with Crippen LogP contribution in [0.2, 0.25) is 0 Å². The second-order valence-electron chi connectivity index (χ2n) is 4.87. The highest BCUT2D eigenvalue weighted by Gasteiger charge is 2.01. The van der Waals surface area contributed by atoms with Crippen LogP contribution in [0.5, 0.6) is 5.75 Å². The Labute approximate surface area is 127 Å². The van der Waals surface area contributed by atoms with Crippen molar-refractivity contribution in [2.75, 3.05) is 6.61 Å². The van der Waals surface area contributed by atoms with Crippen LogP contribution in [-0.2, 0) is 6.54 Å². The van der Waals surface area contributed by atoms with Gasteiger partial charge in [-0.25, -0.2) is 0 Å². The lowest BCUT2D eigenvalue weighted by molar-refractivity contribution is 0.300. The zero-order valence-electron chi connectivity index (χ0n) is 11.3. The number of ether oxygens (including phenoxy) is 1. The average molecular weight is 330 g/mol. The Morgan fingerprint density at radius 1 is 1.05 bits per heavy atom. The van der Waals surface area contributed by atoms with E-state index in [-0.39, 0.29) is 0 Å². The van der Waals surface area contributed by atoms with Gasteiger partial charge in [-0.1, -0.05) is 28.1 Å². The number of benzene rings is 2. The fourth-order valence-electron chi connectivity index (χ4n) is 2.28. The van der Waals surface area contributed by atoms with E-state index in [0.29, 0.717) is 6.61 Å². The van der Waals surface area contributed by atoms with Gasteiger partial charge in [-0.15, -0.1) is 0 Å². The molecule has 102 valence electrons. The molecule has 0 radical (unpaired) electrons. The van der Waals surface area contributed by atoms with E-state index in [0.717, 1.165) is 16.8 Å². The van der Waals surface area contributed by atoms with Gasteiger partial charge in [-0.05, 0) is 54.3 Å². The molecule has 2 nitrogen and oxygen atoms in total. The fraction of sp³-hybridized carbons (Fsp3) is 0.176. The molecule has 0 fully saturated rings. The van der Waals surface area contributed by atoms with Crippen LogP contribution in [0, 0.1) is 6.92 Å². The van der Waals surface area contributed by atoms with Crippen LogP contribution in [0.25, 0.3) is 10.9 Å². The molecule has 0 N–H and O–H groups in total. The summed E-state index contributed by atoms with van der Waals surface area (Å²) in [6.45, 7) is 3.64. The SMILES string of the molecule is Cc1ccc2ccn(CCOc3ccc(Br)cc3)c2c1. The maximum absolute atomic E-state index is 5.77. The Morgan fingerprint density at radius 3 is 2.65 bits per heavy atom. The first kappa shape index (κ1) is 13.3. The lowest BCUT2D eigenvalue weighted by Gasteiger charge is -2.08. The summed E-state index contributed by atoms with van der Waals surface area (Å²) in [6, 6.07) is 16.6. The molecule has 0 aliphatic carbocycles. The molecule has 0 aliphatic heterocycles. The van der Waals surface area contributed by atoms with E-state index >= 15 is 0 Å². The van der Waals surface area contributed by atoms with Crippen LogP contribution >= 0.6 is 15.9 Å². The maximum Gasteiger partial charge on any atom is 0.119 e. The smallest absolute Gasteiger partial charge is 0.119 e. The molecule has 20 heavy (non-hydrogen) atoms. The number of aromatic nitrogens is 1. The summed E-state index contributed by atoms with van der Waals surface area (Å²) in [5.41, 5.74) is 2.55. The van der Waals surface area contributed by atoms with E-state index in [9.17, 15) is 0 Å². The Bertz CT molecular complexity index is 715. The van der Waals surface area contributed by atoms with Crippen LogP contribution in [0.1, 0.15) is 5.56 Å². The van der Waals surface area contributed by atoms with Crippen molar-refractivity contribution in [3.05, 3.63) is 64.8 Å². The molecule has 3 rings (SSSR count). The summed E-state index contributed by atoms with van der Waals surface area (Å²) in [5.74, 6) is 0.904. The summed E-state index contributed by atoms with van der Waals surface area (Å²) < 4.78 is 9.08. The summed E-state index contributed by atoms with van der Waals surface area (Å²) in [5, 5.41) is 1.28. The molecule has 2 aromatic carbocycles. The first-order valence-electron chi connectivity index (χ1n) is 6.66. The molecule has 0 spiro atoms. The third kappa shape index (κ3) is 2.88. The molecule has 3 aromatic rings. The molecule has 0 bridgehead atoms. The van der Waals surface area contributed by atoms with Gasteiger partial charge in [0.2, 0.25) is 0 Å². The second-order valence-corrected chi connectivity index (χ2v) is 5.79. The predicted octanol–water partition coefficient (Wildman–Crippen LogP) is 4.79. The highest BCUT2D eigenvalue weighted by molar-refractivity contribution is 9.10. The van der Waals surface area contributed by atoms with Crippen molar-refractivity contribution in [1.82, 2.24) is 4.57 Å². The maximum atomic E-state index is 5.77. The van der Waals surface area contributed by atoms with Gasteiger partial charge in [0.1, 0.15) is 12.4 Å². The number of fused-ring (bicyclic) bond motifs is 1. The Balaban J connectivity index is 1.68. The number of aryl methyl sites for hydroxylation is 1. The third-order valence-corrected chi connectivity index (χ3v) is 3.87. The molecular weight excluding hydrogens is 314 g/mol. The van der Waals surface area contributed by atoms with Crippen molar-refractivity contribution < 1.29 is 4.74 Å². The average Bonchev–Trinajstić information content (AvgIpc) is 2.84. The molecule has 1 heterocycles. The second kappa shape index (κ2) is 5.71. The number of hydrogen-bond acceptors (Lipinski definition) is 1. The van der Waals surface area contributed by atoms with Crippen LogP contribution in [-0.4, -0.2) is 11.2 Å². The van der Waals surface area contributed by atoms with E-state index < -0.39 is 0 Å². The van der Waals surface area contributed by atoms with Crippen molar-refractivity contribution in [2.45, 2.75) is 13.5 Å². The van der Waals surface area contributed by atoms with E-state index in [1.54, 1.807) is 0 Å². The van der Waals surface area contributed by atoms with Crippen LogP contribution in [0.15, 0.2) is 59.2 Å². The largest absolute Gasteiger partial charge is 0.492 e. The highest BCUT2D eigenvalue weighted by Crippen LogP contribution is 2.18. The van der Waals surface area contributed by atoms with E-state index in [1.807, 2.05) is 24.3 Å². The van der Waals surface area contributed by atoms with Gasteiger partial charge in [0.25, 0.3) is 0 Å². The molecule has 0 saturated carbocycles. The summed E-state index contributed by atoms with van der Waals surface area (Å²) in [6.07, 6.45) is 2.12. The lowest BCUT2D eigenvalue weighted by Crippen LogP contribution is -2.07. The van der Waals surface area contributed by atoms with Crippen molar-refractivity contribution in [3.8, 4) is 5.75 Å². The predicted molar refractivity (Wildman–Crippen MR) is 86.3 cm³/mol. The highest BCUT2D eigenvalue weighted by atomic mass is 79.9. The van der Waals surface area contributed by atoms with Gasteiger partial charge in [0.05, 0.1) is 6.54 Å². The van der Waals surface area contributed by atoms with E-state index in [1.165, 1.54) is 16.5 Å². The third-order valence-electron chi connectivity index (χ3n) is 3.34. The number of rotatable bonds is 4. The quantitative estimate of drug-likeness (QED) is 0.671. The standard InChI is InChI=1S/C17H16BrNO/c1-13-2-3-14-8-9-19(17(14)12-13)10-11-20-16-6-4-15(18)5-7-16/h2-9,12H,10-11H2,1H3. The van der Waals surface area contributed by atoms with Gasteiger partial charge >= 0.3 is 0 Å². The molecule has 0 amide bonds. The summed E-state index contributed by atoms with van der Waals surface area (Å²) >= 11 is 3.42. The molecule has 0 aliphatic rings. The van der Waals surface area contributed by atoms with Gasteiger partial charge < -0.3 is 9.30 Å². The van der Waals surface area contributed by atoms with Gasteiger partial charge in [-0.3, -0.25) is 0 Å². The molecule has 0 atom stereocenters. The molecule has 0 saturated heterocycles. The number of halogens is 1. The van der Waals surface area contributed by atoms with Crippen molar-refractivity contribution >= 4 is 26.8 Å². The van der Waals surface area contributed by atoms with E-state index in [4.69, 9.17) is 4.74 Å². The van der Waals surface area contributed by atoms with Crippen molar-refractivity contribution in [1.29, 1.82) is 0 Å². The minimum Gasteiger partial charge on any atom is -0.492 e. The molecule has 3 heteroatoms. The van der Waals surface area contributed by atoms with Gasteiger partial charge in [-0.2, -0.15) is 0 Å². The Morgan fingerprint density at radius 2 is 1.85 bits per heavy atom. The lowest BCUT2D eigenvalue weighted by atomic mass is 10.2. The first-order chi connectivity index (χ1) is 9.72. The summed E-state index contributed by atoms with van der Waals surface area (Å²) in [4.78, 5) is 0.